The summed E-state index contributed by atoms with van der Waals surface area (Å²) >= 11 is 0. The van der Waals surface area contributed by atoms with Crippen molar-refractivity contribution in [3.8, 4) is 0 Å². The van der Waals surface area contributed by atoms with Gasteiger partial charge in [-0.15, -0.1) is 0 Å². The smallest absolute Gasteiger partial charge is 0.241 e. The molecule has 20 heavy (non-hydrogen) atoms. The molecule has 1 aromatic rings. The van der Waals surface area contributed by atoms with E-state index in [1.54, 1.807) is 0 Å². The van der Waals surface area contributed by atoms with Gasteiger partial charge in [-0.25, -0.2) is 0 Å². The lowest BCUT2D eigenvalue weighted by Gasteiger charge is -2.26. The summed E-state index contributed by atoms with van der Waals surface area (Å²) < 4.78 is 5.33. The molecule has 5 nitrogen and oxygen atoms in total. The third-order valence-corrected chi connectivity index (χ3v) is 3.51. The first-order valence-corrected chi connectivity index (χ1v) is 7.14. The highest BCUT2D eigenvalue weighted by Gasteiger charge is 2.12. The molecule has 1 saturated heterocycles. The highest BCUT2D eigenvalue weighted by Crippen LogP contribution is 2.12. The molecule has 0 bridgehead atoms. The molecular formula is C15H23N3O2. The molecule has 1 heterocycles. The maximum absolute atomic E-state index is 11.7. The topological polar surface area (TPSA) is 67.6 Å². The standard InChI is InChI=1S/C15H23N3O2/c1-2-14(16)15(19)17-13-5-3-12(4-6-13)11-18-7-9-20-10-8-18/h3-6,14H,2,7-11,16H2,1H3,(H,17,19)/t14-/m1/s1. The molecular weight excluding hydrogens is 254 g/mol. The minimum absolute atomic E-state index is 0.131. The molecule has 110 valence electrons. The lowest BCUT2D eigenvalue weighted by Crippen LogP contribution is -2.35. The van der Waals surface area contributed by atoms with Crippen molar-refractivity contribution in [2.75, 3.05) is 31.6 Å². The Morgan fingerprint density at radius 2 is 2.00 bits per heavy atom. The molecule has 2 rings (SSSR count). The fourth-order valence-electron chi connectivity index (χ4n) is 2.13. The first-order valence-electron chi connectivity index (χ1n) is 7.14. The van der Waals surface area contributed by atoms with Gasteiger partial charge in [0.1, 0.15) is 0 Å². The number of carbonyl (C=O) groups is 1. The van der Waals surface area contributed by atoms with Gasteiger partial charge < -0.3 is 15.8 Å². The van der Waals surface area contributed by atoms with E-state index in [1.807, 2.05) is 31.2 Å². The van der Waals surface area contributed by atoms with Crippen LogP contribution in [0.3, 0.4) is 0 Å². The monoisotopic (exact) mass is 277 g/mol. The second-order valence-corrected chi connectivity index (χ2v) is 5.09. The summed E-state index contributed by atoms with van der Waals surface area (Å²) in [7, 11) is 0. The molecule has 0 radical (unpaired) electrons. The minimum atomic E-state index is -0.442. The van der Waals surface area contributed by atoms with Crippen LogP contribution in [-0.4, -0.2) is 43.2 Å². The zero-order valence-corrected chi connectivity index (χ0v) is 12.0. The maximum Gasteiger partial charge on any atom is 0.241 e. The van der Waals surface area contributed by atoms with E-state index in [-0.39, 0.29) is 5.91 Å². The maximum atomic E-state index is 11.7. The molecule has 0 spiro atoms. The van der Waals surface area contributed by atoms with Crippen LogP contribution in [0.5, 0.6) is 0 Å². The van der Waals surface area contributed by atoms with Crippen LogP contribution in [0.1, 0.15) is 18.9 Å². The number of benzene rings is 1. The molecule has 1 atom stereocenters. The number of rotatable bonds is 5. The molecule has 0 unspecified atom stereocenters. The fourth-order valence-corrected chi connectivity index (χ4v) is 2.13. The van der Waals surface area contributed by atoms with Gasteiger partial charge in [-0.3, -0.25) is 9.69 Å². The normalized spacial score (nSPS) is 17.7. The number of morpholine rings is 1. The summed E-state index contributed by atoms with van der Waals surface area (Å²) in [6.45, 7) is 6.39. The van der Waals surface area contributed by atoms with E-state index >= 15 is 0 Å². The summed E-state index contributed by atoms with van der Waals surface area (Å²) in [4.78, 5) is 14.1. The molecule has 0 aliphatic carbocycles. The van der Waals surface area contributed by atoms with Gasteiger partial charge in [-0.1, -0.05) is 19.1 Å². The van der Waals surface area contributed by atoms with Crippen molar-refractivity contribution in [3.63, 3.8) is 0 Å². The largest absolute Gasteiger partial charge is 0.379 e. The van der Waals surface area contributed by atoms with Crippen LogP contribution in [0.4, 0.5) is 5.69 Å². The van der Waals surface area contributed by atoms with Crippen molar-refractivity contribution in [1.82, 2.24) is 4.90 Å². The van der Waals surface area contributed by atoms with E-state index in [9.17, 15) is 4.79 Å². The van der Waals surface area contributed by atoms with E-state index < -0.39 is 6.04 Å². The van der Waals surface area contributed by atoms with E-state index in [0.717, 1.165) is 38.5 Å². The van der Waals surface area contributed by atoms with Crippen LogP contribution in [0, 0.1) is 0 Å². The summed E-state index contributed by atoms with van der Waals surface area (Å²) in [5, 5.41) is 2.83. The summed E-state index contributed by atoms with van der Waals surface area (Å²) in [6.07, 6.45) is 0.640. The quantitative estimate of drug-likeness (QED) is 0.848. The third kappa shape index (κ3) is 4.30. The highest BCUT2D eigenvalue weighted by atomic mass is 16.5. The molecule has 1 aliphatic heterocycles. The van der Waals surface area contributed by atoms with Gasteiger partial charge in [0.25, 0.3) is 0 Å². The van der Waals surface area contributed by atoms with Crippen LogP contribution in [0.25, 0.3) is 0 Å². The van der Waals surface area contributed by atoms with Crippen LogP contribution in [0.15, 0.2) is 24.3 Å². The highest BCUT2D eigenvalue weighted by molar-refractivity contribution is 5.94. The molecule has 3 N–H and O–H groups in total. The molecule has 1 aliphatic rings. The first kappa shape index (κ1) is 15.0. The second kappa shape index (κ2) is 7.38. The lowest BCUT2D eigenvalue weighted by atomic mass is 10.1. The molecule has 0 aromatic heterocycles. The molecule has 0 saturated carbocycles. The summed E-state index contributed by atoms with van der Waals surface area (Å²) in [6, 6.07) is 7.50. The Morgan fingerprint density at radius 3 is 2.60 bits per heavy atom. The number of nitrogens with one attached hydrogen (secondary N) is 1. The zero-order valence-electron chi connectivity index (χ0n) is 12.0. The zero-order chi connectivity index (χ0) is 14.4. The number of carbonyl (C=O) groups excluding carboxylic acids is 1. The fraction of sp³-hybridized carbons (Fsp3) is 0.533. The summed E-state index contributed by atoms with van der Waals surface area (Å²) in [5.41, 5.74) is 7.72. The van der Waals surface area contributed by atoms with Crippen LogP contribution < -0.4 is 11.1 Å². The molecule has 1 amide bonds. The van der Waals surface area contributed by atoms with Gasteiger partial charge in [-0.2, -0.15) is 0 Å². The van der Waals surface area contributed by atoms with Crippen molar-refractivity contribution >= 4 is 11.6 Å². The van der Waals surface area contributed by atoms with Gasteiger partial charge in [0.05, 0.1) is 19.3 Å². The second-order valence-electron chi connectivity index (χ2n) is 5.09. The average Bonchev–Trinajstić information content (AvgIpc) is 2.49. The number of hydrogen-bond acceptors (Lipinski definition) is 4. The van der Waals surface area contributed by atoms with Gasteiger partial charge in [0.2, 0.25) is 5.91 Å². The van der Waals surface area contributed by atoms with E-state index in [0.29, 0.717) is 6.42 Å². The van der Waals surface area contributed by atoms with Crippen molar-refractivity contribution < 1.29 is 9.53 Å². The Bertz CT molecular complexity index is 427. The molecule has 1 fully saturated rings. The third-order valence-electron chi connectivity index (χ3n) is 3.51. The lowest BCUT2D eigenvalue weighted by molar-refractivity contribution is -0.117. The Morgan fingerprint density at radius 1 is 1.35 bits per heavy atom. The average molecular weight is 277 g/mol. The van der Waals surface area contributed by atoms with E-state index in [2.05, 4.69) is 10.2 Å². The molecule has 1 aromatic carbocycles. The van der Waals surface area contributed by atoms with Gasteiger partial charge in [0.15, 0.2) is 0 Å². The summed E-state index contributed by atoms with van der Waals surface area (Å²) in [5.74, 6) is -0.131. The number of ether oxygens (including phenoxy) is 1. The Labute approximate surface area is 120 Å². The van der Waals surface area contributed by atoms with Gasteiger partial charge in [0, 0.05) is 25.3 Å². The van der Waals surface area contributed by atoms with Gasteiger partial charge in [-0.05, 0) is 24.1 Å². The SMILES string of the molecule is CC[C@@H](N)C(=O)Nc1ccc(CN2CCOCC2)cc1. The van der Waals surface area contributed by atoms with Crippen molar-refractivity contribution in [1.29, 1.82) is 0 Å². The van der Waals surface area contributed by atoms with E-state index in [1.165, 1.54) is 5.56 Å². The molecule has 5 heteroatoms. The number of anilines is 1. The Kier molecular flexibility index (Phi) is 5.52. The first-order chi connectivity index (χ1) is 9.69. The number of nitrogens with zero attached hydrogens (tertiary/aromatic N) is 1. The van der Waals surface area contributed by atoms with Crippen LogP contribution in [0.2, 0.25) is 0 Å². The predicted octanol–water partition coefficient (Wildman–Crippen LogP) is 1.19. The number of amides is 1. The predicted molar refractivity (Wildman–Crippen MR) is 79.4 cm³/mol. The van der Waals surface area contributed by atoms with Crippen LogP contribution in [-0.2, 0) is 16.1 Å². The van der Waals surface area contributed by atoms with Crippen molar-refractivity contribution in [2.45, 2.75) is 25.9 Å². The number of hydrogen-bond donors (Lipinski definition) is 2. The van der Waals surface area contributed by atoms with Crippen molar-refractivity contribution in [3.05, 3.63) is 29.8 Å². The Hall–Kier alpha value is -1.43. The van der Waals surface area contributed by atoms with Crippen molar-refractivity contribution in [2.24, 2.45) is 5.73 Å². The van der Waals surface area contributed by atoms with Crippen LogP contribution >= 0.6 is 0 Å². The minimum Gasteiger partial charge on any atom is -0.379 e. The number of nitrogens with two attached hydrogens (primary N) is 1. The van der Waals surface area contributed by atoms with E-state index in [4.69, 9.17) is 10.5 Å². The van der Waals surface area contributed by atoms with Gasteiger partial charge >= 0.3 is 0 Å². The Balaban J connectivity index is 1.87.